The molecule has 1 saturated heterocycles. The molecule has 0 atom stereocenters. The highest BCUT2D eigenvalue weighted by atomic mass is 35.5. The van der Waals surface area contributed by atoms with Crippen LogP contribution in [0.3, 0.4) is 0 Å². The number of nitrogens with one attached hydrogen (secondary N) is 1. The normalized spacial score (nSPS) is 14.4. The van der Waals surface area contributed by atoms with Crippen LogP contribution in [0.1, 0.15) is 44.0 Å². The molecule has 182 valence electrons. The number of piperidine rings is 1. The van der Waals surface area contributed by atoms with E-state index in [0.717, 1.165) is 12.8 Å². The first kappa shape index (κ1) is 25.3. The Morgan fingerprint density at radius 3 is 2.38 bits per heavy atom. The Balaban J connectivity index is 1.52. The molecule has 0 spiro atoms. The molecule has 3 rings (SSSR count). The molecular formula is C24H28ClN3O6. The molecule has 0 unspecified atom stereocenters. The Labute approximate surface area is 203 Å². The first-order chi connectivity index (χ1) is 16.0. The van der Waals surface area contributed by atoms with Crippen molar-refractivity contribution in [2.75, 3.05) is 19.6 Å². The van der Waals surface area contributed by atoms with E-state index in [-0.39, 0.29) is 28.3 Å². The summed E-state index contributed by atoms with van der Waals surface area (Å²) in [5.74, 6) is 0.620. The SMILES string of the molecule is CC(C)(C)OC(=O)NCC1CCN(C(=O)c2ccc(Oc3ccc(Cl)cc3[N+](=O)[O-])cc2)CC1. The van der Waals surface area contributed by atoms with Crippen LogP contribution in [0.2, 0.25) is 5.02 Å². The molecule has 2 amide bonds. The van der Waals surface area contributed by atoms with Gasteiger partial charge in [0.2, 0.25) is 5.75 Å². The largest absolute Gasteiger partial charge is 0.450 e. The van der Waals surface area contributed by atoms with Crippen LogP contribution in [0, 0.1) is 16.0 Å². The Bertz CT molecular complexity index is 1040. The highest BCUT2D eigenvalue weighted by Crippen LogP contribution is 2.33. The molecule has 2 aromatic carbocycles. The van der Waals surface area contributed by atoms with Gasteiger partial charge in [-0.25, -0.2) is 4.79 Å². The molecular weight excluding hydrogens is 462 g/mol. The second kappa shape index (κ2) is 10.7. The maximum absolute atomic E-state index is 12.9. The molecule has 1 N–H and O–H groups in total. The molecule has 1 fully saturated rings. The van der Waals surface area contributed by atoms with Gasteiger partial charge < -0.3 is 19.7 Å². The monoisotopic (exact) mass is 489 g/mol. The third-order valence-corrected chi connectivity index (χ3v) is 5.52. The maximum atomic E-state index is 12.9. The molecule has 0 aliphatic carbocycles. The summed E-state index contributed by atoms with van der Waals surface area (Å²) in [4.78, 5) is 37.1. The summed E-state index contributed by atoms with van der Waals surface area (Å²) in [5.41, 5.74) is -0.274. The van der Waals surface area contributed by atoms with Crippen LogP contribution in [0.5, 0.6) is 11.5 Å². The fourth-order valence-corrected chi connectivity index (χ4v) is 3.74. The number of amides is 2. The van der Waals surface area contributed by atoms with Crippen molar-refractivity contribution in [2.24, 2.45) is 5.92 Å². The van der Waals surface area contributed by atoms with E-state index in [2.05, 4.69) is 5.32 Å². The summed E-state index contributed by atoms with van der Waals surface area (Å²) >= 11 is 5.83. The van der Waals surface area contributed by atoms with Gasteiger partial charge in [0.25, 0.3) is 5.91 Å². The standard InChI is InChI=1S/C24H28ClN3O6/c1-24(2,3)34-23(30)26-15-16-10-12-27(13-11-16)22(29)17-4-7-19(8-5-17)33-21-9-6-18(25)14-20(21)28(31)32/h4-9,14,16H,10-13,15H2,1-3H3,(H,26,30). The van der Waals surface area contributed by atoms with E-state index in [1.165, 1.54) is 18.2 Å². The third-order valence-electron chi connectivity index (χ3n) is 5.28. The van der Waals surface area contributed by atoms with Crippen molar-refractivity contribution < 1.29 is 24.0 Å². The van der Waals surface area contributed by atoms with Crippen molar-refractivity contribution in [3.05, 3.63) is 63.2 Å². The Morgan fingerprint density at radius 1 is 1.15 bits per heavy atom. The van der Waals surface area contributed by atoms with Gasteiger partial charge in [-0.3, -0.25) is 14.9 Å². The summed E-state index contributed by atoms with van der Waals surface area (Å²) in [6.07, 6.45) is 1.13. The van der Waals surface area contributed by atoms with Gasteiger partial charge in [0.05, 0.1) is 4.92 Å². The van der Waals surface area contributed by atoms with Gasteiger partial charge in [-0.15, -0.1) is 0 Å². The number of nitrogens with zero attached hydrogens (tertiary/aromatic N) is 2. The lowest BCUT2D eigenvalue weighted by Gasteiger charge is -2.32. The number of carbonyl (C=O) groups excluding carboxylic acids is 2. The number of hydrogen-bond acceptors (Lipinski definition) is 6. The van der Waals surface area contributed by atoms with E-state index in [9.17, 15) is 19.7 Å². The Kier molecular flexibility index (Phi) is 7.98. The molecule has 0 aromatic heterocycles. The summed E-state index contributed by atoms with van der Waals surface area (Å²) in [7, 11) is 0. The van der Waals surface area contributed by atoms with Gasteiger partial charge in [0, 0.05) is 36.3 Å². The first-order valence-electron chi connectivity index (χ1n) is 11.0. The Hall–Kier alpha value is -3.33. The molecule has 9 nitrogen and oxygen atoms in total. The zero-order valence-electron chi connectivity index (χ0n) is 19.4. The fraction of sp³-hybridized carbons (Fsp3) is 0.417. The predicted octanol–water partition coefficient (Wildman–Crippen LogP) is 5.42. The molecule has 0 bridgehead atoms. The number of nitro benzene ring substituents is 1. The third kappa shape index (κ3) is 7.08. The molecule has 1 heterocycles. The number of likely N-dealkylation sites (tertiary alicyclic amines) is 1. The van der Waals surface area contributed by atoms with Crippen molar-refractivity contribution in [1.82, 2.24) is 10.2 Å². The van der Waals surface area contributed by atoms with E-state index >= 15 is 0 Å². The van der Waals surface area contributed by atoms with Crippen LogP contribution in [-0.2, 0) is 4.74 Å². The van der Waals surface area contributed by atoms with Crippen molar-refractivity contribution in [1.29, 1.82) is 0 Å². The van der Waals surface area contributed by atoms with Crippen LogP contribution >= 0.6 is 11.6 Å². The number of alkyl carbamates (subject to hydrolysis) is 1. The smallest absolute Gasteiger partial charge is 0.407 e. The van der Waals surface area contributed by atoms with Gasteiger partial charge in [-0.1, -0.05) is 11.6 Å². The number of ether oxygens (including phenoxy) is 2. The first-order valence-corrected chi connectivity index (χ1v) is 11.4. The number of rotatable bonds is 6. The minimum absolute atomic E-state index is 0.0653. The molecule has 10 heteroatoms. The topological polar surface area (TPSA) is 111 Å². The maximum Gasteiger partial charge on any atom is 0.407 e. The minimum Gasteiger partial charge on any atom is -0.450 e. The van der Waals surface area contributed by atoms with Crippen LogP contribution in [0.4, 0.5) is 10.5 Å². The average Bonchev–Trinajstić information content (AvgIpc) is 2.78. The number of nitro groups is 1. The number of hydrogen-bond donors (Lipinski definition) is 1. The van der Waals surface area contributed by atoms with Crippen molar-refractivity contribution in [3.63, 3.8) is 0 Å². The van der Waals surface area contributed by atoms with Gasteiger partial charge >= 0.3 is 11.8 Å². The van der Waals surface area contributed by atoms with E-state index in [4.69, 9.17) is 21.1 Å². The molecule has 34 heavy (non-hydrogen) atoms. The van der Waals surface area contributed by atoms with Crippen LogP contribution in [0.25, 0.3) is 0 Å². The fourth-order valence-electron chi connectivity index (χ4n) is 3.58. The van der Waals surface area contributed by atoms with E-state index in [1.807, 2.05) is 20.8 Å². The summed E-state index contributed by atoms with van der Waals surface area (Å²) < 4.78 is 10.9. The lowest BCUT2D eigenvalue weighted by molar-refractivity contribution is -0.385. The van der Waals surface area contributed by atoms with Gasteiger partial charge in [-0.05, 0) is 75.9 Å². The lowest BCUT2D eigenvalue weighted by Crippen LogP contribution is -2.42. The highest BCUT2D eigenvalue weighted by molar-refractivity contribution is 6.30. The van der Waals surface area contributed by atoms with Crippen LogP contribution in [-0.4, -0.2) is 47.1 Å². The van der Waals surface area contributed by atoms with Gasteiger partial charge in [0.1, 0.15) is 11.4 Å². The van der Waals surface area contributed by atoms with Gasteiger partial charge in [0.15, 0.2) is 0 Å². The van der Waals surface area contributed by atoms with Crippen LogP contribution in [0.15, 0.2) is 42.5 Å². The van der Waals surface area contributed by atoms with Crippen molar-refractivity contribution in [2.45, 2.75) is 39.2 Å². The molecule has 1 aliphatic rings. The lowest BCUT2D eigenvalue weighted by atomic mass is 9.96. The summed E-state index contributed by atoms with van der Waals surface area (Å²) in [6.45, 7) is 7.15. The van der Waals surface area contributed by atoms with Crippen LogP contribution < -0.4 is 10.1 Å². The van der Waals surface area contributed by atoms with Gasteiger partial charge in [-0.2, -0.15) is 0 Å². The number of benzene rings is 2. The molecule has 2 aromatic rings. The summed E-state index contributed by atoms with van der Waals surface area (Å²) in [6, 6.07) is 10.6. The predicted molar refractivity (Wildman–Crippen MR) is 127 cm³/mol. The quantitative estimate of drug-likeness (QED) is 0.428. The minimum atomic E-state index is -0.564. The molecule has 0 radical (unpaired) electrons. The van der Waals surface area contributed by atoms with E-state index < -0.39 is 16.6 Å². The second-order valence-corrected chi connectivity index (χ2v) is 9.55. The second-order valence-electron chi connectivity index (χ2n) is 9.11. The Morgan fingerprint density at radius 2 is 1.79 bits per heavy atom. The molecule has 1 aliphatic heterocycles. The molecule has 0 saturated carbocycles. The van der Waals surface area contributed by atoms with E-state index in [1.54, 1.807) is 29.2 Å². The number of halogens is 1. The van der Waals surface area contributed by atoms with Crippen molar-refractivity contribution in [3.8, 4) is 11.5 Å². The zero-order valence-corrected chi connectivity index (χ0v) is 20.1. The average molecular weight is 490 g/mol. The number of carbonyl (C=O) groups is 2. The zero-order chi connectivity index (χ0) is 24.9. The van der Waals surface area contributed by atoms with E-state index in [0.29, 0.717) is 30.9 Å². The highest BCUT2D eigenvalue weighted by Gasteiger charge is 2.25. The van der Waals surface area contributed by atoms with Crippen molar-refractivity contribution >= 4 is 29.3 Å². The summed E-state index contributed by atoms with van der Waals surface area (Å²) in [5, 5.41) is 14.3.